The van der Waals surface area contributed by atoms with Crippen LogP contribution >= 0.6 is 0 Å². The second kappa shape index (κ2) is 4.77. The van der Waals surface area contributed by atoms with Gasteiger partial charge in [0.05, 0.1) is 6.10 Å². The lowest BCUT2D eigenvalue weighted by Gasteiger charge is -2.25. The molecule has 2 atom stereocenters. The van der Waals surface area contributed by atoms with Crippen LogP contribution in [0, 0.1) is 0 Å². The first kappa shape index (κ1) is 10.7. The van der Waals surface area contributed by atoms with E-state index in [1.165, 1.54) is 12.0 Å². The number of allylic oxidation sites excluding steroid dienone is 1. The monoisotopic (exact) mass is 183 g/mol. The van der Waals surface area contributed by atoms with Crippen molar-refractivity contribution in [2.24, 2.45) is 0 Å². The van der Waals surface area contributed by atoms with Crippen LogP contribution in [-0.2, 0) is 0 Å². The summed E-state index contributed by atoms with van der Waals surface area (Å²) in [5.41, 5.74) is 1.35. The third-order valence-electron chi connectivity index (χ3n) is 2.80. The summed E-state index contributed by atoms with van der Waals surface area (Å²) in [5.74, 6) is 0. The molecule has 0 unspecified atom stereocenters. The van der Waals surface area contributed by atoms with E-state index in [1.54, 1.807) is 0 Å². The molecule has 0 bridgehead atoms. The van der Waals surface area contributed by atoms with E-state index in [0.717, 1.165) is 19.4 Å². The molecule has 2 nitrogen and oxygen atoms in total. The minimum Gasteiger partial charge on any atom is -0.391 e. The zero-order valence-electron chi connectivity index (χ0n) is 8.95. The van der Waals surface area contributed by atoms with E-state index in [-0.39, 0.29) is 6.10 Å². The van der Waals surface area contributed by atoms with Gasteiger partial charge in [0, 0.05) is 12.6 Å². The number of nitrogens with zero attached hydrogens (tertiary/aromatic N) is 1. The summed E-state index contributed by atoms with van der Waals surface area (Å²) in [6.07, 6.45) is 5.41. The Bertz CT molecular complexity index is 185. The van der Waals surface area contributed by atoms with E-state index in [2.05, 4.69) is 31.9 Å². The number of likely N-dealkylation sites (N-methyl/N-ethyl adjacent to an activating group) is 1. The van der Waals surface area contributed by atoms with E-state index in [1.807, 2.05) is 0 Å². The SMILES string of the molecule is CC(C)=CCN(C)[C@@H]1CCC[C@H]1O. The highest BCUT2D eigenvalue weighted by molar-refractivity contribution is 4.96. The van der Waals surface area contributed by atoms with Gasteiger partial charge < -0.3 is 5.11 Å². The molecule has 1 saturated carbocycles. The molecule has 1 aliphatic carbocycles. The van der Waals surface area contributed by atoms with Gasteiger partial charge in [0.2, 0.25) is 0 Å². The van der Waals surface area contributed by atoms with E-state index < -0.39 is 0 Å². The van der Waals surface area contributed by atoms with Gasteiger partial charge in [-0.05, 0) is 40.2 Å². The predicted molar refractivity (Wildman–Crippen MR) is 55.7 cm³/mol. The van der Waals surface area contributed by atoms with Gasteiger partial charge in [0.25, 0.3) is 0 Å². The fourth-order valence-corrected chi connectivity index (χ4v) is 1.90. The average Bonchev–Trinajstić information content (AvgIpc) is 2.47. The Balaban J connectivity index is 2.38. The summed E-state index contributed by atoms with van der Waals surface area (Å²) in [6.45, 7) is 5.18. The fourth-order valence-electron chi connectivity index (χ4n) is 1.90. The number of hydrogen-bond acceptors (Lipinski definition) is 2. The van der Waals surface area contributed by atoms with Crippen molar-refractivity contribution in [2.75, 3.05) is 13.6 Å². The summed E-state index contributed by atoms with van der Waals surface area (Å²) in [5, 5.41) is 9.66. The summed E-state index contributed by atoms with van der Waals surface area (Å²) in [4.78, 5) is 2.25. The highest BCUT2D eigenvalue weighted by Crippen LogP contribution is 2.22. The summed E-state index contributed by atoms with van der Waals surface area (Å²) in [7, 11) is 2.10. The predicted octanol–water partition coefficient (Wildman–Crippen LogP) is 1.80. The van der Waals surface area contributed by atoms with E-state index in [0.29, 0.717) is 6.04 Å². The van der Waals surface area contributed by atoms with Crippen LogP contribution in [0.25, 0.3) is 0 Å². The smallest absolute Gasteiger partial charge is 0.0695 e. The zero-order valence-corrected chi connectivity index (χ0v) is 8.95. The van der Waals surface area contributed by atoms with Crippen molar-refractivity contribution in [3.05, 3.63) is 11.6 Å². The Labute approximate surface area is 81.2 Å². The summed E-state index contributed by atoms with van der Waals surface area (Å²) >= 11 is 0. The Hall–Kier alpha value is -0.340. The Morgan fingerprint density at radius 1 is 1.46 bits per heavy atom. The molecule has 13 heavy (non-hydrogen) atoms. The third-order valence-corrected chi connectivity index (χ3v) is 2.80. The van der Waals surface area contributed by atoms with Crippen LogP contribution < -0.4 is 0 Å². The molecular formula is C11H21NO. The first-order chi connectivity index (χ1) is 6.11. The number of rotatable bonds is 3. The molecule has 0 aliphatic heterocycles. The van der Waals surface area contributed by atoms with Gasteiger partial charge in [-0.2, -0.15) is 0 Å². The Morgan fingerprint density at radius 3 is 2.62 bits per heavy atom. The molecule has 1 aliphatic rings. The highest BCUT2D eigenvalue weighted by atomic mass is 16.3. The molecular weight excluding hydrogens is 162 g/mol. The van der Waals surface area contributed by atoms with Crippen molar-refractivity contribution in [2.45, 2.75) is 45.3 Å². The molecule has 0 aromatic rings. The summed E-state index contributed by atoms with van der Waals surface area (Å²) in [6, 6.07) is 0.385. The maximum atomic E-state index is 9.66. The summed E-state index contributed by atoms with van der Waals surface area (Å²) < 4.78 is 0. The maximum Gasteiger partial charge on any atom is 0.0695 e. The molecule has 0 radical (unpaired) electrons. The molecule has 0 spiro atoms. The molecule has 0 aromatic heterocycles. The number of aliphatic hydroxyl groups excluding tert-OH is 1. The van der Waals surface area contributed by atoms with Crippen LogP contribution in [0.2, 0.25) is 0 Å². The number of aliphatic hydroxyl groups is 1. The van der Waals surface area contributed by atoms with E-state index in [9.17, 15) is 5.11 Å². The van der Waals surface area contributed by atoms with Crippen molar-refractivity contribution >= 4 is 0 Å². The van der Waals surface area contributed by atoms with Crippen molar-refractivity contribution in [3.63, 3.8) is 0 Å². The van der Waals surface area contributed by atoms with Gasteiger partial charge in [0.15, 0.2) is 0 Å². The maximum absolute atomic E-state index is 9.66. The second-order valence-electron chi connectivity index (χ2n) is 4.29. The minimum atomic E-state index is -0.101. The van der Waals surface area contributed by atoms with Crippen molar-refractivity contribution < 1.29 is 5.11 Å². The second-order valence-corrected chi connectivity index (χ2v) is 4.29. The standard InChI is InChI=1S/C11H21NO/c1-9(2)7-8-12(3)10-5-4-6-11(10)13/h7,10-11,13H,4-6,8H2,1-3H3/t10-,11-/m1/s1. The Kier molecular flexibility index (Phi) is 3.94. The van der Waals surface area contributed by atoms with Gasteiger partial charge in [-0.25, -0.2) is 0 Å². The first-order valence-corrected chi connectivity index (χ1v) is 5.13. The zero-order chi connectivity index (χ0) is 9.84. The van der Waals surface area contributed by atoms with Crippen LogP contribution in [0.5, 0.6) is 0 Å². The van der Waals surface area contributed by atoms with Gasteiger partial charge in [-0.15, -0.1) is 0 Å². The largest absolute Gasteiger partial charge is 0.391 e. The third kappa shape index (κ3) is 3.12. The van der Waals surface area contributed by atoms with Gasteiger partial charge in [-0.3, -0.25) is 4.90 Å². The lowest BCUT2D eigenvalue weighted by Crippen LogP contribution is -2.37. The van der Waals surface area contributed by atoms with E-state index in [4.69, 9.17) is 0 Å². The molecule has 0 heterocycles. The lowest BCUT2D eigenvalue weighted by molar-refractivity contribution is 0.0926. The van der Waals surface area contributed by atoms with Gasteiger partial charge in [0.1, 0.15) is 0 Å². The average molecular weight is 183 g/mol. The van der Waals surface area contributed by atoms with Crippen molar-refractivity contribution in [1.82, 2.24) is 4.90 Å². The van der Waals surface area contributed by atoms with Gasteiger partial charge in [-0.1, -0.05) is 11.6 Å². The quantitative estimate of drug-likeness (QED) is 0.674. The Morgan fingerprint density at radius 2 is 2.15 bits per heavy atom. The van der Waals surface area contributed by atoms with Crippen LogP contribution in [0.3, 0.4) is 0 Å². The van der Waals surface area contributed by atoms with Crippen molar-refractivity contribution in [3.8, 4) is 0 Å². The van der Waals surface area contributed by atoms with Crippen LogP contribution in [0.15, 0.2) is 11.6 Å². The molecule has 2 heteroatoms. The molecule has 0 amide bonds. The van der Waals surface area contributed by atoms with Crippen LogP contribution in [0.4, 0.5) is 0 Å². The topological polar surface area (TPSA) is 23.5 Å². The molecule has 0 aromatic carbocycles. The minimum absolute atomic E-state index is 0.101. The lowest BCUT2D eigenvalue weighted by atomic mass is 10.2. The molecule has 1 N–H and O–H groups in total. The van der Waals surface area contributed by atoms with Gasteiger partial charge >= 0.3 is 0 Å². The normalized spacial score (nSPS) is 28.1. The number of hydrogen-bond donors (Lipinski definition) is 1. The molecule has 76 valence electrons. The molecule has 1 rings (SSSR count). The molecule has 1 fully saturated rings. The highest BCUT2D eigenvalue weighted by Gasteiger charge is 2.27. The van der Waals surface area contributed by atoms with Crippen molar-refractivity contribution in [1.29, 1.82) is 0 Å². The first-order valence-electron chi connectivity index (χ1n) is 5.13. The molecule has 0 saturated heterocycles. The van der Waals surface area contributed by atoms with Crippen LogP contribution in [0.1, 0.15) is 33.1 Å². The van der Waals surface area contributed by atoms with Crippen LogP contribution in [-0.4, -0.2) is 35.7 Å². The fraction of sp³-hybridized carbons (Fsp3) is 0.818. The van der Waals surface area contributed by atoms with E-state index >= 15 is 0 Å².